The Labute approximate surface area is 190 Å². The summed E-state index contributed by atoms with van der Waals surface area (Å²) in [5, 5.41) is 18.2. The molecule has 0 saturated carbocycles. The molecule has 0 aliphatic heterocycles. The van der Waals surface area contributed by atoms with Gasteiger partial charge in [-0.2, -0.15) is 79.9 Å². The molecule has 0 spiro atoms. The van der Waals surface area contributed by atoms with Crippen molar-refractivity contribution in [3.8, 4) is 0 Å². The first kappa shape index (κ1) is 32.4. The van der Waals surface area contributed by atoms with Crippen molar-refractivity contribution < 1.29 is 89.9 Å². The highest BCUT2D eigenvalue weighted by Gasteiger charge is 2.95. The summed E-state index contributed by atoms with van der Waals surface area (Å²) in [6, 6.07) is 1.60. The Bertz CT molecular complexity index is 989. The van der Waals surface area contributed by atoms with Crippen LogP contribution in [0.4, 0.5) is 86.0 Å². The molecule has 22 heteroatoms. The molecule has 0 aliphatic rings. The normalized spacial score (nSPS) is 16.0. The zero-order valence-corrected chi connectivity index (χ0v) is 16.5. The van der Waals surface area contributed by atoms with E-state index in [9.17, 15) is 84.6 Å². The first-order valence-corrected chi connectivity index (χ1v) is 8.42. The summed E-state index contributed by atoms with van der Waals surface area (Å²) >= 11 is 0. The molecule has 1 atom stereocenters. The summed E-state index contributed by atoms with van der Waals surface area (Å²) in [6.45, 7) is 0. The third-order valence-corrected chi connectivity index (χ3v) is 4.40. The van der Waals surface area contributed by atoms with Crippen LogP contribution in [-0.2, 0) is 4.79 Å². The molecule has 3 N–H and O–H groups in total. The lowest BCUT2D eigenvalue weighted by Crippen LogP contribution is -2.99. The van der Waals surface area contributed by atoms with Crippen LogP contribution in [0.3, 0.4) is 0 Å². The van der Waals surface area contributed by atoms with Gasteiger partial charge in [-0.3, -0.25) is 4.79 Å². The van der Waals surface area contributed by atoms with Crippen molar-refractivity contribution in [2.75, 3.05) is 5.32 Å². The van der Waals surface area contributed by atoms with Crippen molar-refractivity contribution in [2.45, 2.75) is 47.6 Å². The van der Waals surface area contributed by atoms with E-state index in [1.165, 1.54) is 0 Å². The van der Waals surface area contributed by atoms with Gasteiger partial charge in [0.15, 0.2) is 5.69 Å². The highest BCUT2D eigenvalue weighted by atomic mass is 19.4. The minimum absolute atomic E-state index is 0.330. The maximum Gasteiger partial charge on any atom is 0.460 e. The van der Waals surface area contributed by atoms with Crippen LogP contribution in [0.5, 0.6) is 0 Å². The predicted molar refractivity (Wildman–Crippen MR) is 81.5 cm³/mol. The van der Waals surface area contributed by atoms with E-state index in [0.717, 1.165) is 0 Å². The van der Waals surface area contributed by atoms with Crippen molar-refractivity contribution in [1.29, 1.82) is 0 Å². The van der Waals surface area contributed by atoms with Crippen LogP contribution in [0.25, 0.3) is 0 Å². The number of nitrogens with one attached hydrogen (secondary N) is 2. The number of hydrogen-bond donors (Lipinski definition) is 3. The van der Waals surface area contributed by atoms with Crippen LogP contribution in [0, 0.1) is 5.21 Å². The molecular formula is C15H7F17N2O3. The van der Waals surface area contributed by atoms with E-state index < -0.39 is 70.1 Å². The molecule has 1 unspecified atom stereocenters. The van der Waals surface area contributed by atoms with Crippen LogP contribution in [0.2, 0.25) is 0 Å². The van der Waals surface area contributed by atoms with Gasteiger partial charge in [-0.1, -0.05) is 0 Å². The summed E-state index contributed by atoms with van der Waals surface area (Å²) in [7, 11) is 0. The van der Waals surface area contributed by atoms with Crippen molar-refractivity contribution in [3.63, 3.8) is 0 Å². The van der Waals surface area contributed by atoms with Crippen LogP contribution < -0.4 is 10.5 Å². The van der Waals surface area contributed by atoms with Crippen molar-refractivity contribution in [2.24, 2.45) is 0 Å². The molecular weight excluding hydrogens is 579 g/mol. The monoisotopic (exact) mass is 586 g/mol. The Morgan fingerprint density at radius 2 is 0.946 bits per heavy atom. The number of carbonyl (C=O) groups excluding carboxylic acids is 1. The van der Waals surface area contributed by atoms with Crippen LogP contribution in [0.15, 0.2) is 24.3 Å². The maximum absolute atomic E-state index is 13.8. The van der Waals surface area contributed by atoms with Gasteiger partial charge in [0, 0.05) is 17.8 Å². The molecule has 0 aromatic heterocycles. The number of amides is 1. The molecule has 0 bridgehead atoms. The Morgan fingerprint density at radius 1 is 0.622 bits per heavy atom. The third kappa shape index (κ3) is 4.62. The first-order chi connectivity index (χ1) is 16.1. The number of quaternary nitrogens is 1. The van der Waals surface area contributed by atoms with Crippen molar-refractivity contribution in [1.82, 2.24) is 0 Å². The molecule has 5 nitrogen and oxygen atoms in total. The number of benzene rings is 1. The SMILES string of the molecule is O=C(Nc1ccc([NH+]([O-])O)cc1)C(F)(F)C(F)(F)C(F)(F)C(F)(F)C(F)(F)C(F)(F)C(F)(F)C(F)(F)F. The molecule has 0 heterocycles. The van der Waals surface area contributed by atoms with Gasteiger partial charge >= 0.3 is 53.5 Å². The number of carbonyl (C=O) groups is 1. The van der Waals surface area contributed by atoms with Crippen LogP contribution in [0.1, 0.15) is 0 Å². The first-order valence-electron chi connectivity index (χ1n) is 8.42. The Balaban J connectivity index is 3.52. The molecule has 0 saturated heterocycles. The van der Waals surface area contributed by atoms with Gasteiger partial charge < -0.3 is 10.5 Å². The number of hydrogen-bond acceptors (Lipinski definition) is 3. The lowest BCUT2D eigenvalue weighted by Gasteiger charge is -2.42. The molecule has 1 amide bonds. The fraction of sp³-hybridized carbons (Fsp3) is 0.533. The molecule has 1 aromatic carbocycles. The quantitative estimate of drug-likeness (QED) is 0.281. The Kier molecular flexibility index (Phi) is 7.88. The fourth-order valence-corrected chi connectivity index (χ4v) is 2.21. The topological polar surface area (TPSA) is 76.8 Å². The number of anilines is 1. The van der Waals surface area contributed by atoms with E-state index in [4.69, 9.17) is 5.21 Å². The predicted octanol–water partition coefficient (Wildman–Crippen LogP) is 5.04. The summed E-state index contributed by atoms with van der Waals surface area (Å²) < 4.78 is 224. The second-order valence-corrected chi connectivity index (χ2v) is 6.86. The summed E-state index contributed by atoms with van der Waals surface area (Å²) in [4.78, 5) is 11.4. The van der Waals surface area contributed by atoms with Crippen molar-refractivity contribution >= 4 is 17.3 Å². The lowest BCUT2D eigenvalue weighted by molar-refractivity contribution is -0.991. The molecule has 1 rings (SSSR count). The molecule has 0 radical (unpaired) electrons. The Hall–Kier alpha value is -2.62. The second-order valence-electron chi connectivity index (χ2n) is 6.86. The summed E-state index contributed by atoms with van der Waals surface area (Å²) in [5.41, 5.74) is -1.79. The minimum atomic E-state index is -8.80. The second kappa shape index (κ2) is 8.99. The highest BCUT2D eigenvalue weighted by molar-refractivity contribution is 5.97. The molecule has 0 aliphatic carbocycles. The van der Waals surface area contributed by atoms with E-state index >= 15 is 0 Å². The van der Waals surface area contributed by atoms with Gasteiger partial charge in [-0.15, -0.1) is 0 Å². The maximum atomic E-state index is 13.8. The number of alkyl halides is 17. The van der Waals surface area contributed by atoms with E-state index in [-0.39, 0.29) is 0 Å². The summed E-state index contributed by atoms with van der Waals surface area (Å²) in [5.74, 6) is -62.3. The van der Waals surface area contributed by atoms with E-state index in [1.807, 2.05) is 0 Å². The summed E-state index contributed by atoms with van der Waals surface area (Å²) in [6.07, 6.45) is -7.87. The van der Waals surface area contributed by atoms with Gasteiger partial charge in [0.2, 0.25) is 0 Å². The fourth-order valence-electron chi connectivity index (χ4n) is 2.21. The molecule has 0 fully saturated rings. The third-order valence-electron chi connectivity index (χ3n) is 4.40. The molecule has 214 valence electrons. The van der Waals surface area contributed by atoms with Gasteiger partial charge in [-0.05, 0) is 12.1 Å². The van der Waals surface area contributed by atoms with Gasteiger partial charge in [-0.25, -0.2) is 5.21 Å². The van der Waals surface area contributed by atoms with Crippen LogP contribution in [-0.4, -0.2) is 58.7 Å². The van der Waals surface area contributed by atoms with E-state index in [0.29, 0.717) is 29.6 Å². The largest absolute Gasteiger partial charge is 0.595 e. The highest BCUT2D eigenvalue weighted by Crippen LogP contribution is 2.63. The molecule has 37 heavy (non-hydrogen) atoms. The van der Waals surface area contributed by atoms with E-state index in [2.05, 4.69) is 0 Å². The lowest BCUT2D eigenvalue weighted by atomic mass is 9.89. The number of halogens is 17. The smallest absolute Gasteiger partial charge is 0.460 e. The molecule has 1 aromatic rings. The zero-order chi connectivity index (χ0) is 29.8. The minimum Gasteiger partial charge on any atom is -0.595 e. The average molecular weight is 586 g/mol. The average Bonchev–Trinajstić information content (AvgIpc) is 2.72. The van der Waals surface area contributed by atoms with E-state index in [1.54, 1.807) is 0 Å². The van der Waals surface area contributed by atoms with Gasteiger partial charge in [0.05, 0.1) is 0 Å². The van der Waals surface area contributed by atoms with Gasteiger partial charge in [0.1, 0.15) is 0 Å². The van der Waals surface area contributed by atoms with Crippen molar-refractivity contribution in [3.05, 3.63) is 29.5 Å². The standard InChI is InChI=1S/C15H7F17N2O3/c16-8(17,7(35)33-5-1-3-6(4-2-5)34(36)37)9(18,19)10(20,21)11(22,23)12(24,25)13(26,27)14(28,29)15(30,31)32/h1-4,34,36H,(H,33,35). The zero-order valence-electron chi connectivity index (χ0n) is 16.5. The Morgan fingerprint density at radius 3 is 1.27 bits per heavy atom. The number of rotatable bonds is 9. The van der Waals surface area contributed by atoms with Crippen LogP contribution >= 0.6 is 0 Å². The van der Waals surface area contributed by atoms with Gasteiger partial charge in [0.25, 0.3) is 0 Å².